The molecule has 3 rings (SSSR count). The maximum Gasteiger partial charge on any atom is 0.258 e. The fourth-order valence-electron chi connectivity index (χ4n) is 2.51. The van der Waals surface area contributed by atoms with Gasteiger partial charge in [-0.3, -0.25) is 4.79 Å². The lowest BCUT2D eigenvalue weighted by molar-refractivity contribution is 0.0989. The van der Waals surface area contributed by atoms with E-state index in [1.165, 1.54) is 5.56 Å². The minimum absolute atomic E-state index is 0.0713. The zero-order valence-electron chi connectivity index (χ0n) is 10.9. The second-order valence-electron chi connectivity index (χ2n) is 4.67. The molecule has 0 fully saturated rings. The number of carbonyl (C=O) groups is 1. The summed E-state index contributed by atoms with van der Waals surface area (Å²) in [5, 5.41) is 3.06. The number of nitrogens with one attached hydrogen (secondary N) is 1. The number of benzene rings is 2. The van der Waals surface area contributed by atoms with Gasteiger partial charge in [0.15, 0.2) is 0 Å². The van der Waals surface area contributed by atoms with E-state index >= 15 is 0 Å². The Morgan fingerprint density at radius 1 is 1.16 bits per heavy atom. The Balaban J connectivity index is 1.93. The van der Waals surface area contributed by atoms with E-state index in [2.05, 4.69) is 11.4 Å². The van der Waals surface area contributed by atoms with Crippen molar-refractivity contribution in [1.82, 2.24) is 0 Å². The van der Waals surface area contributed by atoms with E-state index in [4.69, 9.17) is 0 Å². The van der Waals surface area contributed by atoms with Crippen molar-refractivity contribution < 1.29 is 4.79 Å². The Morgan fingerprint density at radius 3 is 2.84 bits per heavy atom. The van der Waals surface area contributed by atoms with Gasteiger partial charge in [-0.15, -0.1) is 0 Å². The van der Waals surface area contributed by atoms with Crippen molar-refractivity contribution in [3.05, 3.63) is 59.7 Å². The summed E-state index contributed by atoms with van der Waals surface area (Å²) >= 11 is 0. The average molecular weight is 252 g/mol. The van der Waals surface area contributed by atoms with E-state index in [-0.39, 0.29) is 5.91 Å². The first kappa shape index (κ1) is 11.8. The van der Waals surface area contributed by atoms with Crippen molar-refractivity contribution in [2.45, 2.75) is 6.42 Å². The molecule has 0 bridgehead atoms. The summed E-state index contributed by atoms with van der Waals surface area (Å²) in [6.45, 7) is 0.766. The molecule has 1 amide bonds. The fourth-order valence-corrected chi connectivity index (χ4v) is 2.51. The lowest BCUT2D eigenvalue weighted by Gasteiger charge is -2.17. The van der Waals surface area contributed by atoms with Crippen LogP contribution in [0.25, 0.3) is 0 Å². The number of para-hydroxylation sites is 1. The Labute approximate surface area is 112 Å². The smallest absolute Gasteiger partial charge is 0.258 e. The van der Waals surface area contributed by atoms with Crippen LogP contribution in [0.1, 0.15) is 15.9 Å². The number of rotatable bonds is 2. The molecular formula is C16H16N2O. The van der Waals surface area contributed by atoms with Crippen LogP contribution in [0.3, 0.4) is 0 Å². The number of fused-ring (bicyclic) bond motifs is 1. The highest BCUT2D eigenvalue weighted by Crippen LogP contribution is 2.29. The quantitative estimate of drug-likeness (QED) is 0.891. The second kappa shape index (κ2) is 4.76. The number of hydrogen-bond donors (Lipinski definition) is 1. The van der Waals surface area contributed by atoms with E-state index in [1.54, 1.807) is 0 Å². The molecule has 3 nitrogen and oxygen atoms in total. The predicted molar refractivity (Wildman–Crippen MR) is 77.8 cm³/mol. The minimum Gasteiger partial charge on any atom is -0.388 e. The standard InChI is InChI=1S/C16H16N2O/c1-17-14-7-4-6-13(11-14)16(19)18-10-9-12-5-2-3-8-15(12)18/h2-8,11,17H,9-10H2,1H3. The zero-order valence-corrected chi connectivity index (χ0v) is 10.9. The molecule has 0 saturated heterocycles. The van der Waals surface area contributed by atoms with E-state index in [0.29, 0.717) is 0 Å². The summed E-state index contributed by atoms with van der Waals surface area (Å²) < 4.78 is 0. The van der Waals surface area contributed by atoms with Crippen molar-refractivity contribution in [3.63, 3.8) is 0 Å². The van der Waals surface area contributed by atoms with Crippen LogP contribution in [-0.4, -0.2) is 19.5 Å². The van der Waals surface area contributed by atoms with Gasteiger partial charge in [-0.05, 0) is 36.2 Å². The number of nitrogens with zero attached hydrogens (tertiary/aromatic N) is 1. The van der Waals surface area contributed by atoms with Crippen LogP contribution < -0.4 is 10.2 Å². The maximum atomic E-state index is 12.6. The SMILES string of the molecule is CNc1cccc(C(=O)N2CCc3ccccc32)c1. The van der Waals surface area contributed by atoms with Crippen molar-refractivity contribution in [2.24, 2.45) is 0 Å². The fraction of sp³-hybridized carbons (Fsp3) is 0.188. The van der Waals surface area contributed by atoms with Crippen LogP contribution in [0.2, 0.25) is 0 Å². The zero-order chi connectivity index (χ0) is 13.2. The molecule has 0 unspecified atom stereocenters. The highest BCUT2D eigenvalue weighted by Gasteiger charge is 2.24. The lowest BCUT2D eigenvalue weighted by atomic mass is 10.1. The summed E-state index contributed by atoms with van der Waals surface area (Å²) in [4.78, 5) is 14.4. The summed E-state index contributed by atoms with van der Waals surface area (Å²) in [5.74, 6) is 0.0713. The summed E-state index contributed by atoms with van der Waals surface area (Å²) in [5.41, 5.74) is 3.98. The van der Waals surface area contributed by atoms with Gasteiger partial charge in [0, 0.05) is 30.5 Å². The summed E-state index contributed by atoms with van der Waals surface area (Å²) in [6.07, 6.45) is 0.938. The van der Waals surface area contributed by atoms with E-state index in [0.717, 1.165) is 29.9 Å². The van der Waals surface area contributed by atoms with Gasteiger partial charge in [0.05, 0.1) is 0 Å². The molecule has 1 aliphatic rings. The third-order valence-electron chi connectivity index (χ3n) is 3.53. The Bertz CT molecular complexity index is 622. The van der Waals surface area contributed by atoms with Gasteiger partial charge < -0.3 is 10.2 Å². The second-order valence-corrected chi connectivity index (χ2v) is 4.67. The summed E-state index contributed by atoms with van der Waals surface area (Å²) in [6, 6.07) is 15.7. The van der Waals surface area contributed by atoms with Gasteiger partial charge in [-0.1, -0.05) is 24.3 Å². The number of hydrogen-bond acceptors (Lipinski definition) is 2. The first-order valence-corrected chi connectivity index (χ1v) is 6.47. The first-order valence-electron chi connectivity index (χ1n) is 6.47. The van der Waals surface area contributed by atoms with Crippen LogP contribution >= 0.6 is 0 Å². The molecule has 2 aromatic carbocycles. The molecule has 96 valence electrons. The Morgan fingerprint density at radius 2 is 2.00 bits per heavy atom. The molecule has 0 atom stereocenters. The molecule has 1 N–H and O–H groups in total. The third kappa shape index (κ3) is 2.08. The van der Waals surface area contributed by atoms with E-state index < -0.39 is 0 Å². The maximum absolute atomic E-state index is 12.6. The van der Waals surface area contributed by atoms with Gasteiger partial charge in [-0.25, -0.2) is 0 Å². The summed E-state index contributed by atoms with van der Waals surface area (Å²) in [7, 11) is 1.86. The molecule has 2 aromatic rings. The Hall–Kier alpha value is -2.29. The number of anilines is 2. The van der Waals surface area contributed by atoms with Gasteiger partial charge in [0.2, 0.25) is 0 Å². The van der Waals surface area contributed by atoms with Crippen LogP contribution in [-0.2, 0) is 6.42 Å². The molecule has 0 spiro atoms. The molecule has 1 heterocycles. The first-order chi connectivity index (χ1) is 9.29. The highest BCUT2D eigenvalue weighted by atomic mass is 16.2. The average Bonchev–Trinajstić information content (AvgIpc) is 2.90. The van der Waals surface area contributed by atoms with Crippen LogP contribution in [0.15, 0.2) is 48.5 Å². The third-order valence-corrected chi connectivity index (χ3v) is 3.53. The Kier molecular flexibility index (Phi) is 2.95. The molecule has 0 aromatic heterocycles. The van der Waals surface area contributed by atoms with Crippen LogP contribution in [0, 0.1) is 0 Å². The highest BCUT2D eigenvalue weighted by molar-refractivity contribution is 6.07. The lowest BCUT2D eigenvalue weighted by Crippen LogP contribution is -2.28. The van der Waals surface area contributed by atoms with Gasteiger partial charge in [0.25, 0.3) is 5.91 Å². The van der Waals surface area contributed by atoms with Gasteiger partial charge in [0.1, 0.15) is 0 Å². The van der Waals surface area contributed by atoms with Crippen LogP contribution in [0.5, 0.6) is 0 Å². The largest absolute Gasteiger partial charge is 0.388 e. The van der Waals surface area contributed by atoms with Gasteiger partial charge >= 0.3 is 0 Å². The van der Waals surface area contributed by atoms with Crippen LogP contribution in [0.4, 0.5) is 11.4 Å². The van der Waals surface area contributed by atoms with E-state index in [1.807, 2.05) is 54.4 Å². The van der Waals surface area contributed by atoms with Gasteiger partial charge in [-0.2, -0.15) is 0 Å². The normalized spacial score (nSPS) is 13.2. The topological polar surface area (TPSA) is 32.3 Å². The van der Waals surface area contributed by atoms with Crippen molar-refractivity contribution >= 4 is 17.3 Å². The molecule has 0 radical (unpaired) electrons. The molecule has 19 heavy (non-hydrogen) atoms. The molecule has 3 heteroatoms. The number of amides is 1. The molecule has 0 aliphatic carbocycles. The molecule has 1 aliphatic heterocycles. The monoisotopic (exact) mass is 252 g/mol. The molecule has 0 saturated carbocycles. The van der Waals surface area contributed by atoms with E-state index in [9.17, 15) is 4.79 Å². The predicted octanol–water partition coefficient (Wildman–Crippen LogP) is 2.93. The van der Waals surface area contributed by atoms with Crippen molar-refractivity contribution in [3.8, 4) is 0 Å². The minimum atomic E-state index is 0.0713. The van der Waals surface area contributed by atoms with Crippen molar-refractivity contribution in [2.75, 3.05) is 23.8 Å². The van der Waals surface area contributed by atoms with Crippen molar-refractivity contribution in [1.29, 1.82) is 0 Å². The number of carbonyl (C=O) groups excluding carboxylic acids is 1. The molecular weight excluding hydrogens is 236 g/mol.